The monoisotopic (exact) mass is 424 g/mol. The van der Waals surface area contributed by atoms with Crippen molar-refractivity contribution in [1.29, 1.82) is 0 Å². The number of nitrogens with one attached hydrogen (secondary N) is 2. The number of aromatic nitrogens is 1. The van der Waals surface area contributed by atoms with Gasteiger partial charge in [-0.25, -0.2) is 4.98 Å². The summed E-state index contributed by atoms with van der Waals surface area (Å²) in [6, 6.07) is 0. The van der Waals surface area contributed by atoms with E-state index in [1.807, 2.05) is 6.92 Å². The Morgan fingerprint density at radius 3 is 2.76 bits per heavy atom. The van der Waals surface area contributed by atoms with Gasteiger partial charge in [-0.3, -0.25) is 4.99 Å². The van der Waals surface area contributed by atoms with Crippen LogP contribution in [0.5, 0.6) is 0 Å². The Balaban J connectivity index is 0.00000220. The van der Waals surface area contributed by atoms with E-state index in [2.05, 4.69) is 39.8 Å². The Morgan fingerprint density at radius 1 is 1.48 bits per heavy atom. The van der Waals surface area contributed by atoms with Crippen LogP contribution in [-0.4, -0.2) is 43.8 Å². The molecule has 1 fully saturated rings. The normalized spacial score (nSPS) is 16.8. The molecule has 0 atom stereocenters. The van der Waals surface area contributed by atoms with E-state index >= 15 is 0 Å². The van der Waals surface area contributed by atoms with Crippen molar-refractivity contribution in [2.45, 2.75) is 27.2 Å². The fraction of sp³-hybridized carbons (Fsp3) is 0.714. The first-order chi connectivity index (χ1) is 9.61. The van der Waals surface area contributed by atoms with Gasteiger partial charge in [-0.05, 0) is 13.8 Å². The number of halogens is 1. The molecule has 7 heteroatoms. The molecule has 1 saturated heterocycles. The van der Waals surface area contributed by atoms with Gasteiger partial charge < -0.3 is 15.4 Å². The number of aryl methyl sites for hydroxylation is 1. The predicted molar refractivity (Wildman–Crippen MR) is 98.9 cm³/mol. The summed E-state index contributed by atoms with van der Waals surface area (Å²) < 4.78 is 5.25. The van der Waals surface area contributed by atoms with Gasteiger partial charge in [0.2, 0.25) is 0 Å². The minimum Gasteiger partial charge on any atom is -0.380 e. The smallest absolute Gasteiger partial charge is 0.191 e. The quantitative estimate of drug-likeness (QED) is 0.418. The molecular weight excluding hydrogens is 399 g/mol. The number of rotatable bonds is 6. The average molecular weight is 424 g/mol. The maximum atomic E-state index is 5.25. The third-order valence-electron chi connectivity index (χ3n) is 3.20. The van der Waals surface area contributed by atoms with Crippen LogP contribution in [0.15, 0.2) is 10.4 Å². The summed E-state index contributed by atoms with van der Waals surface area (Å²) in [6.07, 6.45) is 0.926. The third kappa shape index (κ3) is 6.07. The molecule has 0 bridgehead atoms. The van der Waals surface area contributed by atoms with Gasteiger partial charge >= 0.3 is 0 Å². The van der Waals surface area contributed by atoms with Crippen LogP contribution in [0, 0.1) is 12.3 Å². The summed E-state index contributed by atoms with van der Waals surface area (Å²) in [7, 11) is 0. The van der Waals surface area contributed by atoms with Gasteiger partial charge in [0.15, 0.2) is 5.96 Å². The van der Waals surface area contributed by atoms with Gasteiger partial charge in [-0.15, -0.1) is 35.3 Å². The van der Waals surface area contributed by atoms with Crippen LogP contribution in [0.4, 0.5) is 0 Å². The van der Waals surface area contributed by atoms with Crippen molar-refractivity contribution in [1.82, 2.24) is 15.6 Å². The van der Waals surface area contributed by atoms with Crippen LogP contribution < -0.4 is 10.6 Å². The molecule has 0 unspecified atom stereocenters. The molecule has 2 N–H and O–H groups in total. The Kier molecular flexibility index (Phi) is 7.89. The SMILES string of the molecule is CCNC(=NCC1(C)COC1)NCCc1csc(C)n1.I. The maximum absolute atomic E-state index is 5.25. The van der Waals surface area contributed by atoms with Crippen molar-refractivity contribution in [3.05, 3.63) is 16.1 Å². The van der Waals surface area contributed by atoms with E-state index in [4.69, 9.17) is 4.74 Å². The molecule has 2 rings (SSSR count). The van der Waals surface area contributed by atoms with Crippen LogP contribution >= 0.6 is 35.3 Å². The standard InChI is InChI=1S/C14H24N4OS.HI/c1-4-15-13(17-8-14(3)9-19-10-14)16-6-5-12-7-20-11(2)18-12;/h7H,4-6,8-10H2,1-3H3,(H2,15,16,17);1H. The van der Waals surface area contributed by atoms with E-state index in [0.29, 0.717) is 0 Å². The van der Waals surface area contributed by atoms with Crippen LogP contribution in [0.3, 0.4) is 0 Å². The molecule has 0 spiro atoms. The molecule has 1 aliphatic heterocycles. The van der Waals surface area contributed by atoms with E-state index in [1.54, 1.807) is 11.3 Å². The lowest BCUT2D eigenvalue weighted by Gasteiger charge is -2.36. The zero-order chi connectivity index (χ0) is 14.4. The predicted octanol–water partition coefficient (Wildman–Crippen LogP) is 2.20. The lowest BCUT2D eigenvalue weighted by molar-refractivity contribution is -0.0945. The number of aliphatic imine (C=N–C) groups is 1. The van der Waals surface area contributed by atoms with Gasteiger partial charge in [-0.1, -0.05) is 6.92 Å². The van der Waals surface area contributed by atoms with Crippen LogP contribution in [-0.2, 0) is 11.2 Å². The van der Waals surface area contributed by atoms with E-state index < -0.39 is 0 Å². The molecule has 21 heavy (non-hydrogen) atoms. The Labute approximate surface area is 148 Å². The van der Waals surface area contributed by atoms with E-state index in [-0.39, 0.29) is 29.4 Å². The second-order valence-electron chi connectivity index (χ2n) is 5.53. The lowest BCUT2D eigenvalue weighted by Crippen LogP contribution is -2.44. The minimum absolute atomic E-state index is 0. The highest BCUT2D eigenvalue weighted by Gasteiger charge is 2.33. The fourth-order valence-electron chi connectivity index (χ4n) is 1.99. The number of hydrogen-bond donors (Lipinski definition) is 2. The summed E-state index contributed by atoms with van der Waals surface area (Å²) in [4.78, 5) is 9.10. The van der Waals surface area contributed by atoms with Gasteiger partial charge in [0.25, 0.3) is 0 Å². The summed E-state index contributed by atoms with van der Waals surface area (Å²) in [6.45, 7) is 10.5. The van der Waals surface area contributed by atoms with Crippen LogP contribution in [0.2, 0.25) is 0 Å². The highest BCUT2D eigenvalue weighted by molar-refractivity contribution is 14.0. The molecule has 120 valence electrons. The summed E-state index contributed by atoms with van der Waals surface area (Å²) in [5, 5.41) is 9.88. The first-order valence-electron chi connectivity index (χ1n) is 7.12. The molecule has 5 nitrogen and oxygen atoms in total. The second-order valence-corrected chi connectivity index (χ2v) is 6.60. The maximum Gasteiger partial charge on any atom is 0.191 e. The van der Waals surface area contributed by atoms with Crippen molar-refractivity contribution in [2.24, 2.45) is 10.4 Å². The number of ether oxygens (including phenoxy) is 1. The number of nitrogens with zero attached hydrogens (tertiary/aromatic N) is 2. The Morgan fingerprint density at radius 2 is 2.24 bits per heavy atom. The van der Waals surface area contributed by atoms with Crippen LogP contribution in [0.1, 0.15) is 24.5 Å². The van der Waals surface area contributed by atoms with Crippen molar-refractivity contribution in [3.8, 4) is 0 Å². The van der Waals surface area contributed by atoms with E-state index in [9.17, 15) is 0 Å². The van der Waals surface area contributed by atoms with E-state index in [1.165, 1.54) is 0 Å². The largest absolute Gasteiger partial charge is 0.380 e. The molecule has 0 radical (unpaired) electrons. The summed E-state index contributed by atoms with van der Waals surface area (Å²) in [5.74, 6) is 0.882. The highest BCUT2D eigenvalue weighted by Crippen LogP contribution is 2.26. The first kappa shape index (κ1) is 18.6. The topological polar surface area (TPSA) is 58.5 Å². The summed E-state index contributed by atoms with van der Waals surface area (Å²) >= 11 is 1.70. The van der Waals surface area contributed by atoms with Gasteiger partial charge in [0, 0.05) is 30.3 Å². The third-order valence-corrected chi connectivity index (χ3v) is 4.03. The molecule has 1 aliphatic rings. The van der Waals surface area contributed by atoms with E-state index in [0.717, 1.165) is 55.9 Å². The fourth-order valence-corrected chi connectivity index (χ4v) is 2.63. The number of guanidine groups is 1. The molecule has 0 saturated carbocycles. The van der Waals surface area contributed by atoms with Crippen molar-refractivity contribution in [2.75, 3.05) is 32.8 Å². The molecular formula is C14H25IN4OS. The number of hydrogen-bond acceptors (Lipinski definition) is 4. The van der Waals surface area contributed by atoms with Crippen LogP contribution in [0.25, 0.3) is 0 Å². The van der Waals surface area contributed by atoms with Gasteiger partial charge in [0.1, 0.15) is 0 Å². The molecule has 0 aromatic carbocycles. The molecule has 0 amide bonds. The van der Waals surface area contributed by atoms with Gasteiger partial charge in [0.05, 0.1) is 30.5 Å². The van der Waals surface area contributed by atoms with Crippen molar-refractivity contribution in [3.63, 3.8) is 0 Å². The van der Waals surface area contributed by atoms with Crippen molar-refractivity contribution < 1.29 is 4.74 Å². The lowest BCUT2D eigenvalue weighted by atomic mass is 9.89. The zero-order valence-electron chi connectivity index (χ0n) is 12.9. The highest BCUT2D eigenvalue weighted by atomic mass is 127. The average Bonchev–Trinajstić information content (AvgIpc) is 2.79. The minimum atomic E-state index is 0. The van der Waals surface area contributed by atoms with Gasteiger partial charge in [-0.2, -0.15) is 0 Å². The number of thiazole rings is 1. The zero-order valence-corrected chi connectivity index (χ0v) is 16.1. The molecule has 1 aromatic heterocycles. The van der Waals surface area contributed by atoms with Crippen molar-refractivity contribution >= 4 is 41.3 Å². The molecule has 1 aromatic rings. The summed E-state index contributed by atoms with van der Waals surface area (Å²) in [5.41, 5.74) is 1.36. The Hall–Kier alpha value is -0.410. The second kappa shape index (κ2) is 8.89. The Bertz CT molecular complexity index is 460. The molecule has 2 heterocycles. The first-order valence-corrected chi connectivity index (χ1v) is 8.00. The molecule has 0 aliphatic carbocycles.